The van der Waals surface area contributed by atoms with Crippen LogP contribution in [0.15, 0.2) is 83.1 Å². The van der Waals surface area contributed by atoms with Crippen molar-refractivity contribution < 1.29 is 37.1 Å². The second kappa shape index (κ2) is 16.7. The molecule has 14 nitrogen and oxygen atoms in total. The Bertz CT molecular complexity index is 2330. The molecule has 17 heteroatoms. The fourth-order valence-electron chi connectivity index (χ4n) is 7.30. The Labute approximate surface area is 345 Å². The molecular weight excluding hydrogens is 804 g/mol. The average molecular weight is 849 g/mol. The Kier molecular flexibility index (Phi) is 11.8. The summed E-state index contributed by atoms with van der Waals surface area (Å²) in [7, 11) is -4.34. The van der Waals surface area contributed by atoms with Crippen molar-refractivity contribution in [1.82, 2.24) is 30.2 Å². The van der Waals surface area contributed by atoms with Crippen molar-refractivity contribution >= 4 is 67.8 Å². The van der Waals surface area contributed by atoms with Gasteiger partial charge >= 0.3 is 6.09 Å². The van der Waals surface area contributed by atoms with E-state index in [1.54, 1.807) is 20.8 Å². The molecule has 7 rings (SSSR count). The van der Waals surface area contributed by atoms with Crippen molar-refractivity contribution in [3.05, 3.63) is 83.2 Å². The van der Waals surface area contributed by atoms with Crippen molar-refractivity contribution in [1.29, 1.82) is 0 Å². The number of benzene rings is 2. The molecule has 306 valence electrons. The first-order chi connectivity index (χ1) is 27.6. The predicted octanol–water partition coefficient (Wildman–Crippen LogP) is 6.15. The molecule has 1 saturated heterocycles. The molecule has 1 saturated carbocycles. The molecule has 4 heterocycles. The fraction of sp³-hybridized carbons (Fsp3) is 0.415. The molecule has 4 amide bonds. The summed E-state index contributed by atoms with van der Waals surface area (Å²) in [4.78, 5) is 67.9. The summed E-state index contributed by atoms with van der Waals surface area (Å²) in [5.41, 5.74) is -0.686. The molecule has 0 bridgehead atoms. The number of hydrogen-bond acceptors (Lipinski definition) is 11. The standard InChI is InChI=1S/C41H45ClN6O8S2/c1-40(2,3)56-39(52)45-31-15-8-6-4-5-7-12-25-23-41(25,38(51)47-58(53,54)28-19-17-26(42)18-20-28)46-35(49)32-22-27(24-48(32)37(31)50)55-36-34(33-16-11-21-57-33)43-29-13-9-10-14-30(29)44-36/h7,9-14,16-21,25,27,31-32H,4-6,8,15,22-24H2,1-3H3,(H,45,52)(H,46,49)(H,47,51)/b12-7-/t25?,27-,31+,32+,41-/m1/s1. The highest BCUT2D eigenvalue weighted by Gasteiger charge is 2.61. The normalized spacial score (nSPS) is 24.7. The number of ether oxygens (including phenoxy) is 2. The number of allylic oxidation sites excluding steroid dienone is 1. The summed E-state index contributed by atoms with van der Waals surface area (Å²) < 4.78 is 41.0. The van der Waals surface area contributed by atoms with E-state index in [9.17, 15) is 27.6 Å². The van der Waals surface area contributed by atoms with Crippen LogP contribution in [0.1, 0.15) is 65.7 Å². The van der Waals surface area contributed by atoms with Gasteiger partial charge in [0.05, 0.1) is 27.4 Å². The second-order valence-corrected chi connectivity index (χ2v) is 18.8. The molecule has 2 aromatic carbocycles. The van der Waals surface area contributed by atoms with Crippen LogP contribution in [0.2, 0.25) is 5.02 Å². The lowest BCUT2D eigenvalue weighted by atomic mass is 10.0. The Morgan fingerprint density at radius 2 is 1.74 bits per heavy atom. The van der Waals surface area contributed by atoms with E-state index in [-0.39, 0.29) is 36.6 Å². The number of aromatic nitrogens is 2. The van der Waals surface area contributed by atoms with Gasteiger partial charge in [-0.3, -0.25) is 14.4 Å². The van der Waals surface area contributed by atoms with Crippen molar-refractivity contribution in [2.45, 2.75) is 99.9 Å². The number of nitrogens with zero attached hydrogens (tertiary/aromatic N) is 3. The number of carbonyl (C=O) groups excluding carboxylic acids is 4. The van der Waals surface area contributed by atoms with Gasteiger partial charge in [-0.1, -0.05) is 54.8 Å². The highest BCUT2D eigenvalue weighted by atomic mass is 35.5. The average Bonchev–Trinajstić information content (AvgIpc) is 3.46. The first kappa shape index (κ1) is 41.1. The molecule has 1 aliphatic carbocycles. The number of para-hydroxylation sites is 2. The van der Waals surface area contributed by atoms with Gasteiger partial charge in [-0.2, -0.15) is 0 Å². The number of halogens is 1. The van der Waals surface area contributed by atoms with Crippen LogP contribution in [-0.4, -0.2) is 83.0 Å². The van der Waals surface area contributed by atoms with E-state index >= 15 is 0 Å². The highest BCUT2D eigenvalue weighted by molar-refractivity contribution is 7.90. The van der Waals surface area contributed by atoms with Crippen molar-refractivity contribution in [2.24, 2.45) is 5.92 Å². The monoisotopic (exact) mass is 848 g/mol. The van der Waals surface area contributed by atoms with Crippen LogP contribution in [0.25, 0.3) is 21.6 Å². The topological polar surface area (TPSA) is 186 Å². The molecule has 2 fully saturated rings. The SMILES string of the molecule is CC(C)(C)OC(=O)N[C@H]1CCCCC/C=C\C2C[C@@]2(C(=O)NS(=O)(=O)c2ccc(Cl)cc2)NC(=O)[C@@H]2C[C@@H](Oc3nc4ccccc4nc3-c3cccs3)CN2C1=O. The largest absolute Gasteiger partial charge is 0.471 e. The maximum Gasteiger partial charge on any atom is 0.408 e. The van der Waals surface area contributed by atoms with Gasteiger partial charge in [0.25, 0.3) is 15.9 Å². The minimum absolute atomic E-state index is 0.00357. The third kappa shape index (κ3) is 9.29. The molecule has 3 N–H and O–H groups in total. The van der Waals surface area contributed by atoms with Crippen molar-refractivity contribution in [2.75, 3.05) is 6.54 Å². The van der Waals surface area contributed by atoms with E-state index < -0.39 is 69.1 Å². The van der Waals surface area contributed by atoms with E-state index in [0.29, 0.717) is 34.6 Å². The first-order valence-corrected chi connectivity index (χ1v) is 21.9. The lowest BCUT2D eigenvalue weighted by Crippen LogP contribution is -2.58. The third-order valence-electron chi connectivity index (χ3n) is 10.3. The maximum absolute atomic E-state index is 14.6. The molecule has 0 radical (unpaired) electrons. The Hall–Kier alpha value is -5.06. The number of carbonyl (C=O) groups is 4. The van der Waals surface area contributed by atoms with Crippen LogP contribution in [0.4, 0.5) is 4.79 Å². The summed E-state index contributed by atoms with van der Waals surface area (Å²) in [6.07, 6.45) is 5.37. The zero-order valence-electron chi connectivity index (χ0n) is 32.3. The zero-order valence-corrected chi connectivity index (χ0v) is 34.7. The molecule has 0 spiro atoms. The minimum atomic E-state index is -4.34. The van der Waals surface area contributed by atoms with Crippen molar-refractivity contribution in [3.63, 3.8) is 0 Å². The quantitative estimate of drug-likeness (QED) is 0.182. The third-order valence-corrected chi connectivity index (χ3v) is 12.7. The van der Waals surface area contributed by atoms with Gasteiger partial charge in [0, 0.05) is 17.4 Å². The molecule has 2 aliphatic heterocycles. The molecule has 2 aromatic heterocycles. The molecule has 4 aromatic rings. The smallest absolute Gasteiger partial charge is 0.408 e. The van der Waals surface area contributed by atoms with Gasteiger partial charge < -0.3 is 25.0 Å². The van der Waals surface area contributed by atoms with E-state index in [1.165, 1.54) is 40.5 Å². The number of sulfonamides is 1. The van der Waals surface area contributed by atoms with E-state index in [2.05, 4.69) is 15.4 Å². The second-order valence-electron chi connectivity index (χ2n) is 15.8. The van der Waals surface area contributed by atoms with E-state index in [4.69, 9.17) is 31.0 Å². The number of rotatable bonds is 7. The van der Waals surface area contributed by atoms with Crippen LogP contribution in [-0.2, 0) is 29.1 Å². The van der Waals surface area contributed by atoms with E-state index in [1.807, 2.05) is 53.9 Å². The van der Waals surface area contributed by atoms with Gasteiger partial charge in [-0.25, -0.2) is 27.9 Å². The summed E-state index contributed by atoms with van der Waals surface area (Å²) in [6, 6.07) is 14.3. The van der Waals surface area contributed by atoms with E-state index in [0.717, 1.165) is 17.7 Å². The molecule has 1 unspecified atom stereocenters. The van der Waals surface area contributed by atoms with Gasteiger partial charge in [0.15, 0.2) is 0 Å². The summed E-state index contributed by atoms with van der Waals surface area (Å²) in [5, 5.41) is 7.85. The van der Waals surface area contributed by atoms with Crippen LogP contribution in [0, 0.1) is 5.92 Å². The van der Waals surface area contributed by atoms with Crippen LogP contribution in [0.5, 0.6) is 5.88 Å². The molecule has 3 aliphatic rings. The van der Waals surface area contributed by atoms with Gasteiger partial charge in [0.1, 0.15) is 35.0 Å². The molecule has 5 atom stereocenters. The van der Waals surface area contributed by atoms with Crippen LogP contribution in [0.3, 0.4) is 0 Å². The number of nitrogens with one attached hydrogen (secondary N) is 3. The number of fused-ring (bicyclic) bond motifs is 3. The molecule has 58 heavy (non-hydrogen) atoms. The fourth-order valence-corrected chi connectivity index (χ4v) is 9.17. The number of amides is 4. The maximum atomic E-state index is 14.6. The number of thiophene rings is 1. The minimum Gasteiger partial charge on any atom is -0.471 e. The van der Waals surface area contributed by atoms with Gasteiger partial charge in [-0.05, 0) is 94.3 Å². The first-order valence-electron chi connectivity index (χ1n) is 19.2. The molecular formula is C41H45ClN6O8S2. The zero-order chi connectivity index (χ0) is 41.2. The number of alkyl carbamates (subject to hydrolysis) is 1. The van der Waals surface area contributed by atoms with Gasteiger partial charge in [0.2, 0.25) is 17.7 Å². The van der Waals surface area contributed by atoms with Gasteiger partial charge in [-0.15, -0.1) is 11.3 Å². The summed E-state index contributed by atoms with van der Waals surface area (Å²) in [6.45, 7) is 5.10. The predicted molar refractivity (Wildman–Crippen MR) is 219 cm³/mol. The Balaban J connectivity index is 1.22. The van der Waals surface area contributed by atoms with Crippen LogP contribution < -0.4 is 20.1 Å². The summed E-state index contributed by atoms with van der Waals surface area (Å²) >= 11 is 7.43. The van der Waals surface area contributed by atoms with Crippen molar-refractivity contribution in [3.8, 4) is 16.5 Å². The Morgan fingerprint density at radius 1 is 1.00 bits per heavy atom. The Morgan fingerprint density at radius 3 is 2.45 bits per heavy atom. The lowest BCUT2D eigenvalue weighted by Gasteiger charge is -2.30. The lowest BCUT2D eigenvalue weighted by molar-refractivity contribution is -0.141. The summed E-state index contributed by atoms with van der Waals surface area (Å²) in [5.74, 6) is -2.40. The highest BCUT2D eigenvalue weighted by Crippen LogP contribution is 2.46. The number of hydrogen-bond donors (Lipinski definition) is 3. The van der Waals surface area contributed by atoms with Crippen LogP contribution >= 0.6 is 22.9 Å².